The molecule has 110 valence electrons. The lowest BCUT2D eigenvalue weighted by molar-refractivity contribution is 0.102. The topological polar surface area (TPSA) is 68.5 Å². The van der Waals surface area contributed by atoms with Gasteiger partial charge < -0.3 is 10.1 Å². The van der Waals surface area contributed by atoms with Gasteiger partial charge in [-0.25, -0.2) is 9.97 Å². The number of benzene rings is 1. The summed E-state index contributed by atoms with van der Waals surface area (Å²) in [4.78, 5) is 20.6. The van der Waals surface area contributed by atoms with Crippen LogP contribution in [0, 0.1) is 0 Å². The fraction of sp³-hybridized carbons (Fsp3) is 0.188. The monoisotopic (exact) mass is 294 g/mol. The first-order chi connectivity index (χ1) is 10.7. The Balaban J connectivity index is 1.58. The number of rotatable bonds is 2. The third-order valence-corrected chi connectivity index (χ3v) is 3.62. The van der Waals surface area contributed by atoms with E-state index in [9.17, 15) is 4.79 Å². The van der Waals surface area contributed by atoms with E-state index >= 15 is 0 Å². The summed E-state index contributed by atoms with van der Waals surface area (Å²) < 4.78 is 7.37. The van der Waals surface area contributed by atoms with Crippen LogP contribution in [-0.2, 0) is 6.42 Å². The smallest absolute Gasteiger partial charge is 0.275 e. The zero-order chi connectivity index (χ0) is 15.1. The van der Waals surface area contributed by atoms with Crippen LogP contribution in [0.15, 0.2) is 42.9 Å². The van der Waals surface area contributed by atoms with Crippen LogP contribution in [0.2, 0.25) is 0 Å². The number of anilines is 1. The molecule has 1 unspecified atom stereocenters. The zero-order valence-corrected chi connectivity index (χ0v) is 12.0. The molecule has 1 aromatic carbocycles. The van der Waals surface area contributed by atoms with Crippen molar-refractivity contribution in [1.82, 2.24) is 14.4 Å². The van der Waals surface area contributed by atoms with Crippen molar-refractivity contribution in [3.05, 3.63) is 54.1 Å². The normalized spacial score (nSPS) is 16.3. The molecule has 6 nitrogen and oxygen atoms in total. The van der Waals surface area contributed by atoms with Crippen LogP contribution in [0.5, 0.6) is 5.75 Å². The molecule has 1 aliphatic heterocycles. The van der Waals surface area contributed by atoms with Crippen molar-refractivity contribution in [2.75, 3.05) is 5.32 Å². The predicted molar refractivity (Wildman–Crippen MR) is 81.2 cm³/mol. The van der Waals surface area contributed by atoms with Gasteiger partial charge in [0.1, 0.15) is 17.5 Å². The van der Waals surface area contributed by atoms with E-state index in [1.165, 1.54) is 0 Å². The molecule has 0 saturated heterocycles. The van der Waals surface area contributed by atoms with Crippen LogP contribution in [0.1, 0.15) is 23.0 Å². The van der Waals surface area contributed by atoms with Crippen molar-refractivity contribution in [1.29, 1.82) is 0 Å². The maximum atomic E-state index is 12.3. The highest BCUT2D eigenvalue weighted by molar-refractivity contribution is 6.03. The van der Waals surface area contributed by atoms with E-state index in [0.29, 0.717) is 11.5 Å². The SMILES string of the molecule is CC1Cc2cc(NC(=O)c3cn4cccnc4n3)ccc2O1. The summed E-state index contributed by atoms with van der Waals surface area (Å²) in [5.41, 5.74) is 2.19. The van der Waals surface area contributed by atoms with Crippen LogP contribution < -0.4 is 10.1 Å². The summed E-state index contributed by atoms with van der Waals surface area (Å²) >= 11 is 0. The summed E-state index contributed by atoms with van der Waals surface area (Å²) in [5, 5.41) is 2.87. The predicted octanol–water partition coefficient (Wildman–Crippen LogP) is 2.30. The molecule has 0 radical (unpaired) electrons. The number of ether oxygens (including phenoxy) is 1. The van der Waals surface area contributed by atoms with Crippen LogP contribution in [0.4, 0.5) is 5.69 Å². The Morgan fingerprint density at radius 1 is 1.45 bits per heavy atom. The van der Waals surface area contributed by atoms with Crippen molar-refractivity contribution >= 4 is 17.4 Å². The van der Waals surface area contributed by atoms with Gasteiger partial charge in [0.05, 0.1) is 0 Å². The van der Waals surface area contributed by atoms with Crippen LogP contribution in [0.25, 0.3) is 5.78 Å². The maximum Gasteiger partial charge on any atom is 0.275 e. The van der Waals surface area contributed by atoms with Gasteiger partial charge in [0.15, 0.2) is 0 Å². The number of hydrogen-bond donors (Lipinski definition) is 1. The molecule has 6 heteroatoms. The Kier molecular flexibility index (Phi) is 2.82. The number of carbonyl (C=O) groups excluding carboxylic acids is 1. The lowest BCUT2D eigenvalue weighted by Gasteiger charge is -2.05. The van der Waals surface area contributed by atoms with E-state index in [-0.39, 0.29) is 12.0 Å². The number of imidazole rings is 1. The van der Waals surface area contributed by atoms with Gasteiger partial charge in [0, 0.05) is 30.7 Å². The number of amides is 1. The minimum Gasteiger partial charge on any atom is -0.490 e. The second-order valence-corrected chi connectivity index (χ2v) is 5.36. The molecule has 1 N–H and O–H groups in total. The second-order valence-electron chi connectivity index (χ2n) is 5.36. The minimum absolute atomic E-state index is 0.186. The first-order valence-corrected chi connectivity index (χ1v) is 7.10. The fourth-order valence-corrected chi connectivity index (χ4v) is 2.63. The van der Waals surface area contributed by atoms with E-state index in [4.69, 9.17) is 4.74 Å². The van der Waals surface area contributed by atoms with E-state index in [1.807, 2.05) is 25.1 Å². The average molecular weight is 294 g/mol. The fourth-order valence-electron chi connectivity index (χ4n) is 2.63. The van der Waals surface area contributed by atoms with E-state index in [2.05, 4.69) is 15.3 Å². The molecule has 22 heavy (non-hydrogen) atoms. The number of carbonyl (C=O) groups is 1. The first-order valence-electron chi connectivity index (χ1n) is 7.10. The maximum absolute atomic E-state index is 12.3. The Bertz CT molecular complexity index is 838. The number of hydrogen-bond acceptors (Lipinski definition) is 4. The molecule has 0 spiro atoms. The summed E-state index contributed by atoms with van der Waals surface area (Å²) in [6.07, 6.45) is 6.16. The Morgan fingerprint density at radius 3 is 3.23 bits per heavy atom. The molecule has 0 aliphatic carbocycles. The highest BCUT2D eigenvalue weighted by Gasteiger charge is 2.19. The van der Waals surface area contributed by atoms with Gasteiger partial charge in [-0.3, -0.25) is 9.20 Å². The highest BCUT2D eigenvalue weighted by Crippen LogP contribution is 2.31. The van der Waals surface area contributed by atoms with Crippen molar-refractivity contribution < 1.29 is 9.53 Å². The highest BCUT2D eigenvalue weighted by atomic mass is 16.5. The van der Waals surface area contributed by atoms with Crippen LogP contribution >= 0.6 is 0 Å². The van der Waals surface area contributed by atoms with E-state index < -0.39 is 0 Å². The standard InChI is InChI=1S/C16H14N4O2/c1-10-7-11-8-12(3-4-14(11)22-10)18-15(21)13-9-20-6-2-5-17-16(20)19-13/h2-6,8-10H,7H2,1H3,(H,18,21). The molecule has 1 amide bonds. The third-order valence-electron chi connectivity index (χ3n) is 3.62. The summed E-state index contributed by atoms with van der Waals surface area (Å²) in [7, 11) is 0. The van der Waals surface area contributed by atoms with Crippen molar-refractivity contribution in [2.45, 2.75) is 19.4 Å². The van der Waals surface area contributed by atoms with Crippen molar-refractivity contribution in [2.24, 2.45) is 0 Å². The van der Waals surface area contributed by atoms with Crippen molar-refractivity contribution in [3.8, 4) is 5.75 Å². The minimum atomic E-state index is -0.252. The molecule has 4 rings (SSSR count). The molecule has 3 heterocycles. The number of nitrogens with one attached hydrogen (secondary N) is 1. The Hall–Kier alpha value is -2.89. The Morgan fingerprint density at radius 2 is 2.36 bits per heavy atom. The summed E-state index contributed by atoms with van der Waals surface area (Å²) in [6.45, 7) is 2.03. The number of nitrogens with zero attached hydrogens (tertiary/aromatic N) is 3. The van der Waals surface area contributed by atoms with Gasteiger partial charge in [-0.1, -0.05) is 0 Å². The molecule has 1 atom stereocenters. The second kappa shape index (κ2) is 4.84. The van der Waals surface area contributed by atoms with E-state index in [1.54, 1.807) is 29.1 Å². The molecule has 2 aromatic heterocycles. The Labute approximate surface area is 126 Å². The first kappa shape index (κ1) is 12.8. The average Bonchev–Trinajstić information content (AvgIpc) is 3.08. The molecular formula is C16H14N4O2. The van der Waals surface area contributed by atoms with Gasteiger partial charge in [0.2, 0.25) is 5.78 Å². The molecular weight excluding hydrogens is 280 g/mol. The molecule has 0 bridgehead atoms. The number of aromatic nitrogens is 3. The van der Waals surface area contributed by atoms with Gasteiger partial charge in [0.25, 0.3) is 5.91 Å². The number of fused-ring (bicyclic) bond motifs is 2. The van der Waals surface area contributed by atoms with E-state index in [0.717, 1.165) is 23.4 Å². The van der Waals surface area contributed by atoms with Crippen LogP contribution in [0.3, 0.4) is 0 Å². The lowest BCUT2D eigenvalue weighted by Crippen LogP contribution is -2.12. The molecule has 3 aromatic rings. The van der Waals surface area contributed by atoms with Gasteiger partial charge in [-0.2, -0.15) is 0 Å². The summed E-state index contributed by atoms with van der Waals surface area (Å²) in [6, 6.07) is 7.46. The van der Waals surface area contributed by atoms with Crippen LogP contribution in [-0.4, -0.2) is 26.4 Å². The molecule has 0 fully saturated rings. The lowest BCUT2D eigenvalue weighted by atomic mass is 10.1. The van der Waals surface area contributed by atoms with Gasteiger partial charge in [-0.05, 0) is 36.8 Å². The quantitative estimate of drug-likeness (QED) is 0.787. The summed E-state index contributed by atoms with van der Waals surface area (Å²) in [5.74, 6) is 1.14. The molecule has 1 aliphatic rings. The van der Waals surface area contributed by atoms with Gasteiger partial charge >= 0.3 is 0 Å². The molecule has 0 saturated carbocycles. The largest absolute Gasteiger partial charge is 0.490 e. The van der Waals surface area contributed by atoms with Crippen molar-refractivity contribution in [3.63, 3.8) is 0 Å². The van der Waals surface area contributed by atoms with Gasteiger partial charge in [-0.15, -0.1) is 0 Å². The third kappa shape index (κ3) is 2.18. The zero-order valence-electron chi connectivity index (χ0n) is 12.0.